The molecular formula is C14H13F3N4O2. The van der Waals surface area contributed by atoms with Gasteiger partial charge in [0.2, 0.25) is 0 Å². The highest BCUT2D eigenvalue weighted by molar-refractivity contribution is 5.90. The third kappa shape index (κ3) is 4.83. The molecule has 0 fully saturated rings. The van der Waals surface area contributed by atoms with Crippen LogP contribution < -0.4 is 15.4 Å². The van der Waals surface area contributed by atoms with Gasteiger partial charge in [0, 0.05) is 13.6 Å². The summed E-state index contributed by atoms with van der Waals surface area (Å²) in [6.07, 6.45) is -2.01. The number of alkyl halides is 3. The summed E-state index contributed by atoms with van der Waals surface area (Å²) in [4.78, 5) is 20.7. The monoisotopic (exact) mass is 326 g/mol. The summed E-state index contributed by atoms with van der Waals surface area (Å²) < 4.78 is 40.1. The maximum absolute atomic E-state index is 12.1. The van der Waals surface area contributed by atoms with Gasteiger partial charge in [0.15, 0.2) is 0 Å². The molecule has 0 bridgehead atoms. The van der Waals surface area contributed by atoms with Crippen LogP contribution in [0.5, 0.6) is 5.75 Å². The van der Waals surface area contributed by atoms with Gasteiger partial charge in [0.1, 0.15) is 17.3 Å². The quantitative estimate of drug-likeness (QED) is 0.910. The van der Waals surface area contributed by atoms with E-state index in [4.69, 9.17) is 5.73 Å². The summed E-state index contributed by atoms with van der Waals surface area (Å²) >= 11 is 0. The van der Waals surface area contributed by atoms with Crippen LogP contribution in [-0.2, 0) is 6.54 Å². The number of carbonyl (C=O) groups is 1. The largest absolute Gasteiger partial charge is 0.573 e. The van der Waals surface area contributed by atoms with Crippen LogP contribution in [-0.4, -0.2) is 29.3 Å². The van der Waals surface area contributed by atoms with Gasteiger partial charge in [-0.2, -0.15) is 0 Å². The highest BCUT2D eigenvalue weighted by Crippen LogP contribution is 2.23. The molecule has 23 heavy (non-hydrogen) atoms. The Morgan fingerprint density at radius 2 is 1.91 bits per heavy atom. The molecule has 0 unspecified atom stereocenters. The zero-order chi connectivity index (χ0) is 17.0. The van der Waals surface area contributed by atoms with Crippen LogP contribution >= 0.6 is 0 Å². The van der Waals surface area contributed by atoms with Gasteiger partial charge in [-0.25, -0.2) is 4.98 Å². The average Bonchev–Trinajstić information content (AvgIpc) is 2.48. The number of amides is 1. The van der Waals surface area contributed by atoms with Gasteiger partial charge in [0.05, 0.1) is 12.4 Å². The van der Waals surface area contributed by atoms with E-state index in [0.717, 1.165) is 5.56 Å². The minimum absolute atomic E-state index is 0.0308. The van der Waals surface area contributed by atoms with E-state index in [9.17, 15) is 18.0 Å². The van der Waals surface area contributed by atoms with Crippen molar-refractivity contribution < 1.29 is 22.7 Å². The second-order valence-electron chi connectivity index (χ2n) is 4.67. The third-order valence-corrected chi connectivity index (χ3v) is 2.84. The van der Waals surface area contributed by atoms with E-state index in [2.05, 4.69) is 14.7 Å². The van der Waals surface area contributed by atoms with Crippen molar-refractivity contribution in [3.8, 4) is 5.75 Å². The minimum Gasteiger partial charge on any atom is -0.406 e. The molecule has 0 aliphatic rings. The standard InChI is InChI=1S/C14H13F3N4O2/c1-21(12-7-19-6-11(20-12)13(18)22)8-9-2-4-10(5-3-9)23-14(15,16)17/h2-7H,8H2,1H3,(H2,18,22). The Bertz CT molecular complexity index is 689. The van der Waals surface area contributed by atoms with Crippen molar-refractivity contribution in [3.63, 3.8) is 0 Å². The van der Waals surface area contributed by atoms with E-state index in [0.29, 0.717) is 12.4 Å². The van der Waals surface area contributed by atoms with Crippen LogP contribution in [0, 0.1) is 0 Å². The predicted octanol–water partition coefficient (Wildman–Crippen LogP) is 2.11. The SMILES string of the molecule is CN(Cc1ccc(OC(F)(F)F)cc1)c1cncc(C(N)=O)n1. The lowest BCUT2D eigenvalue weighted by molar-refractivity contribution is -0.274. The first-order valence-electron chi connectivity index (χ1n) is 6.42. The summed E-state index contributed by atoms with van der Waals surface area (Å²) in [5.74, 6) is -0.572. The maximum Gasteiger partial charge on any atom is 0.573 e. The first-order valence-corrected chi connectivity index (χ1v) is 6.42. The number of benzene rings is 1. The van der Waals surface area contributed by atoms with Gasteiger partial charge in [-0.15, -0.1) is 13.2 Å². The number of anilines is 1. The molecular weight excluding hydrogens is 313 g/mol. The number of halogens is 3. The van der Waals surface area contributed by atoms with E-state index in [1.165, 1.54) is 36.7 Å². The van der Waals surface area contributed by atoms with Crippen LogP contribution in [0.3, 0.4) is 0 Å². The zero-order valence-electron chi connectivity index (χ0n) is 12.0. The van der Waals surface area contributed by atoms with Crippen LogP contribution in [0.25, 0.3) is 0 Å². The highest BCUT2D eigenvalue weighted by Gasteiger charge is 2.30. The van der Waals surface area contributed by atoms with Crippen LogP contribution in [0.1, 0.15) is 16.1 Å². The second-order valence-corrected chi connectivity index (χ2v) is 4.67. The Balaban J connectivity index is 2.07. The molecule has 2 aromatic rings. The number of nitrogens with zero attached hydrogens (tertiary/aromatic N) is 3. The molecule has 0 spiro atoms. The first kappa shape index (κ1) is 16.5. The van der Waals surface area contributed by atoms with Crippen molar-refractivity contribution in [2.24, 2.45) is 5.73 Å². The molecule has 1 aromatic heterocycles. The summed E-state index contributed by atoms with van der Waals surface area (Å²) in [6, 6.07) is 5.45. The smallest absolute Gasteiger partial charge is 0.406 e. The summed E-state index contributed by atoms with van der Waals surface area (Å²) in [5, 5.41) is 0. The molecule has 1 heterocycles. The maximum atomic E-state index is 12.1. The van der Waals surface area contributed by atoms with Crippen molar-refractivity contribution in [1.82, 2.24) is 9.97 Å². The van der Waals surface area contributed by atoms with E-state index in [1.54, 1.807) is 11.9 Å². The average molecular weight is 326 g/mol. The fraction of sp³-hybridized carbons (Fsp3) is 0.214. The van der Waals surface area contributed by atoms with Crippen LogP contribution in [0.2, 0.25) is 0 Å². The lowest BCUT2D eigenvalue weighted by Gasteiger charge is -2.18. The van der Waals surface area contributed by atoms with Crippen LogP contribution in [0.15, 0.2) is 36.7 Å². The fourth-order valence-corrected chi connectivity index (χ4v) is 1.81. The molecule has 0 aliphatic carbocycles. The Labute approximate surface area is 129 Å². The first-order chi connectivity index (χ1) is 10.7. The van der Waals surface area contributed by atoms with Gasteiger partial charge in [-0.05, 0) is 17.7 Å². The topological polar surface area (TPSA) is 81.3 Å². The molecule has 122 valence electrons. The van der Waals surface area contributed by atoms with Crippen molar-refractivity contribution in [2.45, 2.75) is 12.9 Å². The normalized spacial score (nSPS) is 11.1. The van der Waals surface area contributed by atoms with Crippen molar-refractivity contribution >= 4 is 11.7 Å². The van der Waals surface area contributed by atoms with Gasteiger partial charge >= 0.3 is 6.36 Å². The number of aromatic nitrogens is 2. The lowest BCUT2D eigenvalue weighted by Crippen LogP contribution is -2.21. The summed E-state index contributed by atoms with van der Waals surface area (Å²) in [6.45, 7) is 0.350. The number of rotatable bonds is 5. The van der Waals surface area contributed by atoms with E-state index in [-0.39, 0.29) is 11.4 Å². The molecule has 0 radical (unpaired) electrons. The summed E-state index contributed by atoms with van der Waals surface area (Å²) in [7, 11) is 1.70. The second kappa shape index (κ2) is 6.51. The predicted molar refractivity (Wildman–Crippen MR) is 75.8 cm³/mol. The van der Waals surface area contributed by atoms with Gasteiger partial charge in [0.25, 0.3) is 5.91 Å². The molecule has 2 N–H and O–H groups in total. The van der Waals surface area contributed by atoms with E-state index < -0.39 is 12.3 Å². The Morgan fingerprint density at radius 3 is 2.48 bits per heavy atom. The van der Waals surface area contributed by atoms with E-state index >= 15 is 0 Å². The molecule has 0 saturated heterocycles. The van der Waals surface area contributed by atoms with Crippen LogP contribution in [0.4, 0.5) is 19.0 Å². The Hall–Kier alpha value is -2.84. The highest BCUT2D eigenvalue weighted by atomic mass is 19.4. The van der Waals surface area contributed by atoms with Crippen molar-refractivity contribution in [1.29, 1.82) is 0 Å². The van der Waals surface area contributed by atoms with E-state index in [1.807, 2.05) is 0 Å². The van der Waals surface area contributed by atoms with Crippen molar-refractivity contribution in [2.75, 3.05) is 11.9 Å². The molecule has 0 saturated carbocycles. The fourth-order valence-electron chi connectivity index (χ4n) is 1.81. The summed E-state index contributed by atoms with van der Waals surface area (Å²) in [5.41, 5.74) is 5.90. The Kier molecular flexibility index (Phi) is 4.68. The molecule has 2 rings (SSSR count). The number of hydrogen-bond donors (Lipinski definition) is 1. The number of primary amides is 1. The molecule has 0 aliphatic heterocycles. The molecule has 0 atom stereocenters. The number of nitrogens with two attached hydrogens (primary N) is 1. The van der Waals surface area contributed by atoms with Gasteiger partial charge in [-0.1, -0.05) is 12.1 Å². The lowest BCUT2D eigenvalue weighted by atomic mass is 10.2. The molecule has 9 heteroatoms. The number of ether oxygens (including phenoxy) is 1. The minimum atomic E-state index is -4.72. The number of carbonyl (C=O) groups excluding carboxylic acids is 1. The van der Waals surface area contributed by atoms with Gasteiger partial charge < -0.3 is 15.4 Å². The van der Waals surface area contributed by atoms with Crippen molar-refractivity contribution in [3.05, 3.63) is 47.9 Å². The molecule has 1 amide bonds. The molecule has 6 nitrogen and oxygen atoms in total. The Morgan fingerprint density at radius 1 is 1.26 bits per heavy atom. The third-order valence-electron chi connectivity index (χ3n) is 2.84. The molecule has 1 aromatic carbocycles. The zero-order valence-corrected chi connectivity index (χ0v) is 12.0. The number of hydrogen-bond acceptors (Lipinski definition) is 5. The van der Waals surface area contributed by atoms with Gasteiger partial charge in [-0.3, -0.25) is 9.78 Å².